The van der Waals surface area contributed by atoms with E-state index in [-0.39, 0.29) is 11.3 Å². The molecule has 3 nitrogen and oxygen atoms in total. The minimum atomic E-state index is 0.101. The van der Waals surface area contributed by atoms with Gasteiger partial charge >= 0.3 is 0 Å². The van der Waals surface area contributed by atoms with Crippen LogP contribution in [0.15, 0.2) is 24.8 Å². The molecule has 0 spiro atoms. The van der Waals surface area contributed by atoms with Gasteiger partial charge in [-0.3, -0.25) is 4.79 Å². The summed E-state index contributed by atoms with van der Waals surface area (Å²) >= 11 is 0. The van der Waals surface area contributed by atoms with Crippen LogP contribution in [0.3, 0.4) is 0 Å². The molecule has 0 aromatic heterocycles. The summed E-state index contributed by atoms with van der Waals surface area (Å²) < 4.78 is 0. The number of rotatable bonds is 13. The van der Waals surface area contributed by atoms with Gasteiger partial charge in [0.1, 0.15) is 0 Å². The summed E-state index contributed by atoms with van der Waals surface area (Å²) in [7, 11) is 4.00. The van der Waals surface area contributed by atoms with Crippen LogP contribution in [-0.2, 0) is 4.79 Å². The fraction of sp³-hybridized carbons (Fsp3) is 0.750. The van der Waals surface area contributed by atoms with Gasteiger partial charge in [-0.2, -0.15) is 0 Å². The van der Waals surface area contributed by atoms with Gasteiger partial charge in [0.15, 0.2) is 0 Å². The smallest absolute Gasteiger partial charge is 0.246 e. The van der Waals surface area contributed by atoms with Gasteiger partial charge in [0.2, 0.25) is 5.91 Å². The summed E-state index contributed by atoms with van der Waals surface area (Å²) in [5.41, 5.74) is 0.206. The number of hydrogen-bond donors (Lipinski definition) is 0. The molecule has 1 atom stereocenters. The van der Waals surface area contributed by atoms with Crippen molar-refractivity contribution in [2.45, 2.75) is 59.3 Å². The molecule has 0 aliphatic carbocycles. The lowest BCUT2D eigenvalue weighted by Gasteiger charge is -2.35. The second-order valence-corrected chi connectivity index (χ2v) is 7.19. The molecule has 0 radical (unpaired) electrons. The van der Waals surface area contributed by atoms with E-state index in [0.29, 0.717) is 6.54 Å². The van der Waals surface area contributed by atoms with Crippen molar-refractivity contribution in [1.29, 1.82) is 0 Å². The largest absolute Gasteiger partial charge is 0.335 e. The highest BCUT2D eigenvalue weighted by Crippen LogP contribution is 2.31. The number of carbonyl (C=O) groups excluding carboxylic acids is 1. The van der Waals surface area contributed by atoms with Crippen molar-refractivity contribution < 1.29 is 4.79 Å². The molecular weight excluding hydrogens is 284 g/mol. The molecule has 1 amide bonds. The standard InChI is InChI=1S/C20H38N2O/c1-7-10-11-15-20(4,14-8-2)18-22(16-9-3)19(23)13-12-17-21(5)6/h9,12-13H,3,7-8,10-11,14-18H2,1-2,4-6H3/b13-12+. The normalized spacial score (nSPS) is 14.2. The fourth-order valence-electron chi connectivity index (χ4n) is 3.01. The zero-order valence-corrected chi connectivity index (χ0v) is 16.1. The molecule has 0 heterocycles. The van der Waals surface area contributed by atoms with E-state index >= 15 is 0 Å². The molecule has 1 unspecified atom stereocenters. The highest BCUT2D eigenvalue weighted by molar-refractivity contribution is 5.87. The van der Waals surface area contributed by atoms with Crippen molar-refractivity contribution >= 4 is 5.91 Å². The minimum Gasteiger partial charge on any atom is -0.335 e. The van der Waals surface area contributed by atoms with Crippen LogP contribution in [0.1, 0.15) is 59.3 Å². The maximum Gasteiger partial charge on any atom is 0.246 e. The van der Waals surface area contributed by atoms with Crippen LogP contribution in [-0.4, -0.2) is 49.4 Å². The number of amides is 1. The lowest BCUT2D eigenvalue weighted by atomic mass is 9.80. The average Bonchev–Trinajstić information content (AvgIpc) is 2.47. The molecule has 0 rings (SSSR count). The number of hydrogen-bond acceptors (Lipinski definition) is 2. The Balaban J connectivity index is 4.85. The second kappa shape index (κ2) is 12.3. The van der Waals surface area contributed by atoms with Crippen LogP contribution in [0.2, 0.25) is 0 Å². The Bertz CT molecular complexity index is 363. The van der Waals surface area contributed by atoms with Gasteiger partial charge in [0.05, 0.1) is 0 Å². The fourth-order valence-corrected chi connectivity index (χ4v) is 3.01. The first-order valence-electron chi connectivity index (χ1n) is 9.09. The second-order valence-electron chi connectivity index (χ2n) is 7.19. The monoisotopic (exact) mass is 322 g/mol. The van der Waals surface area contributed by atoms with Crippen LogP contribution in [0.5, 0.6) is 0 Å². The highest BCUT2D eigenvalue weighted by Gasteiger charge is 2.27. The summed E-state index contributed by atoms with van der Waals surface area (Å²) in [5.74, 6) is 0.101. The first kappa shape index (κ1) is 21.9. The Kier molecular flexibility index (Phi) is 11.8. The van der Waals surface area contributed by atoms with Crippen molar-refractivity contribution in [2.75, 3.05) is 33.7 Å². The zero-order chi connectivity index (χ0) is 17.7. The van der Waals surface area contributed by atoms with Crippen molar-refractivity contribution in [3.05, 3.63) is 24.8 Å². The molecule has 0 bridgehead atoms. The Morgan fingerprint density at radius 2 is 1.78 bits per heavy atom. The van der Waals surface area contributed by atoms with Crippen LogP contribution in [0.25, 0.3) is 0 Å². The number of nitrogens with zero attached hydrogens (tertiary/aromatic N) is 2. The first-order valence-corrected chi connectivity index (χ1v) is 9.09. The molecule has 0 aliphatic rings. The summed E-state index contributed by atoms with van der Waals surface area (Å²) in [6.45, 7) is 12.8. The molecule has 0 N–H and O–H groups in total. The number of likely N-dealkylation sites (N-methyl/N-ethyl adjacent to an activating group) is 1. The topological polar surface area (TPSA) is 23.6 Å². The van der Waals surface area contributed by atoms with Gasteiger partial charge in [-0.05, 0) is 32.4 Å². The van der Waals surface area contributed by atoms with Crippen molar-refractivity contribution in [1.82, 2.24) is 9.80 Å². The average molecular weight is 323 g/mol. The quantitative estimate of drug-likeness (QED) is 0.283. The minimum absolute atomic E-state index is 0.101. The Labute approximate surface area is 144 Å². The molecule has 0 aromatic carbocycles. The Morgan fingerprint density at radius 1 is 1.09 bits per heavy atom. The van der Waals surface area contributed by atoms with E-state index < -0.39 is 0 Å². The SMILES string of the molecule is C=CCN(CC(C)(CCC)CCCCC)C(=O)/C=C/CN(C)C. The van der Waals surface area contributed by atoms with E-state index in [1.807, 2.05) is 36.0 Å². The van der Waals surface area contributed by atoms with Crippen molar-refractivity contribution in [3.63, 3.8) is 0 Å². The lowest BCUT2D eigenvalue weighted by Crippen LogP contribution is -2.39. The Morgan fingerprint density at radius 3 is 2.30 bits per heavy atom. The molecule has 0 saturated carbocycles. The maximum absolute atomic E-state index is 12.5. The van der Waals surface area contributed by atoms with Gasteiger partial charge < -0.3 is 9.80 Å². The van der Waals surface area contributed by atoms with E-state index in [9.17, 15) is 4.79 Å². The van der Waals surface area contributed by atoms with Crippen molar-refractivity contribution in [3.8, 4) is 0 Å². The maximum atomic E-state index is 12.5. The molecule has 134 valence electrons. The van der Waals surface area contributed by atoms with E-state index in [1.165, 1.54) is 32.1 Å². The van der Waals surface area contributed by atoms with Crippen LogP contribution in [0, 0.1) is 5.41 Å². The summed E-state index contributed by atoms with van der Waals surface area (Å²) in [6, 6.07) is 0. The van der Waals surface area contributed by atoms with Crippen molar-refractivity contribution in [2.24, 2.45) is 5.41 Å². The molecule has 3 heteroatoms. The molecule has 23 heavy (non-hydrogen) atoms. The van der Waals surface area contributed by atoms with E-state index in [2.05, 4.69) is 27.4 Å². The first-order chi connectivity index (χ1) is 10.9. The summed E-state index contributed by atoms with van der Waals surface area (Å²) in [4.78, 5) is 16.5. The summed E-state index contributed by atoms with van der Waals surface area (Å²) in [6.07, 6.45) is 12.8. The van der Waals surface area contributed by atoms with Gasteiger partial charge in [-0.25, -0.2) is 0 Å². The molecule has 0 aliphatic heterocycles. The zero-order valence-electron chi connectivity index (χ0n) is 16.1. The number of carbonyl (C=O) groups is 1. The molecular formula is C20H38N2O. The van der Waals surface area contributed by atoms with E-state index in [0.717, 1.165) is 19.5 Å². The third-order valence-corrected chi connectivity index (χ3v) is 4.20. The van der Waals surface area contributed by atoms with Gasteiger partial charge in [0, 0.05) is 25.7 Å². The predicted molar refractivity (Wildman–Crippen MR) is 102 cm³/mol. The molecule has 0 aromatic rings. The molecule has 0 fully saturated rings. The number of unbranched alkanes of at least 4 members (excludes halogenated alkanes) is 2. The lowest BCUT2D eigenvalue weighted by molar-refractivity contribution is -0.127. The third-order valence-electron chi connectivity index (χ3n) is 4.20. The van der Waals surface area contributed by atoms with Crippen LogP contribution >= 0.6 is 0 Å². The Hall–Kier alpha value is -1.09. The van der Waals surface area contributed by atoms with Gasteiger partial charge in [-0.15, -0.1) is 6.58 Å². The van der Waals surface area contributed by atoms with E-state index in [4.69, 9.17) is 0 Å². The molecule has 0 saturated heterocycles. The highest BCUT2D eigenvalue weighted by atomic mass is 16.2. The predicted octanol–water partition coefficient (Wildman–Crippen LogP) is 4.51. The van der Waals surface area contributed by atoms with Crippen LogP contribution in [0.4, 0.5) is 0 Å². The van der Waals surface area contributed by atoms with E-state index in [1.54, 1.807) is 6.08 Å². The van der Waals surface area contributed by atoms with Gasteiger partial charge in [-0.1, -0.05) is 58.6 Å². The third kappa shape index (κ3) is 10.3. The van der Waals surface area contributed by atoms with Crippen LogP contribution < -0.4 is 0 Å². The summed E-state index contributed by atoms with van der Waals surface area (Å²) in [5, 5.41) is 0. The van der Waals surface area contributed by atoms with Gasteiger partial charge in [0.25, 0.3) is 0 Å².